The number of benzene rings is 1. The Kier molecular flexibility index (Phi) is 4.77. The first-order valence-corrected chi connectivity index (χ1v) is 9.38. The normalized spacial score (nSPS) is 17.3. The molecule has 0 saturated carbocycles. The van der Waals surface area contributed by atoms with Crippen LogP contribution >= 0.6 is 15.9 Å². The third-order valence-corrected chi connectivity index (χ3v) is 5.46. The first kappa shape index (κ1) is 17.8. The second-order valence-corrected chi connectivity index (χ2v) is 7.31. The summed E-state index contributed by atoms with van der Waals surface area (Å²) in [5.74, 6) is 0.737. The lowest BCUT2D eigenvalue weighted by molar-refractivity contribution is 0.333. The molecule has 1 fully saturated rings. The van der Waals surface area contributed by atoms with Crippen LogP contribution < -0.4 is 10.5 Å². The van der Waals surface area contributed by atoms with Gasteiger partial charge in [-0.25, -0.2) is 9.07 Å². The molecule has 1 unspecified atom stereocenters. The monoisotopic (exact) mass is 433 g/mol. The summed E-state index contributed by atoms with van der Waals surface area (Å²) >= 11 is 3.39. The van der Waals surface area contributed by atoms with E-state index in [4.69, 9.17) is 4.52 Å². The molecule has 1 aliphatic rings. The topological polar surface area (TPSA) is 77.1 Å². The minimum atomic E-state index is -0.307. The largest absolute Gasteiger partial charge is 0.368 e. The number of nitrogens with zero attached hydrogens (tertiary/aromatic N) is 5. The summed E-state index contributed by atoms with van der Waals surface area (Å²) in [6.07, 6.45) is 3.53. The molecule has 2 aromatic heterocycles. The third kappa shape index (κ3) is 3.51. The first-order valence-electron chi connectivity index (χ1n) is 8.59. The summed E-state index contributed by atoms with van der Waals surface area (Å²) < 4.78 is 20.3. The zero-order valence-corrected chi connectivity index (χ0v) is 16.2. The van der Waals surface area contributed by atoms with Crippen molar-refractivity contribution in [2.24, 2.45) is 7.05 Å². The van der Waals surface area contributed by atoms with Crippen molar-refractivity contribution in [2.45, 2.75) is 18.8 Å². The van der Waals surface area contributed by atoms with Crippen LogP contribution in [0.15, 0.2) is 44.3 Å². The fourth-order valence-electron chi connectivity index (χ4n) is 3.24. The summed E-state index contributed by atoms with van der Waals surface area (Å²) in [6, 6.07) is 5.99. The molecule has 0 spiro atoms. The van der Waals surface area contributed by atoms with E-state index < -0.39 is 0 Å². The van der Waals surface area contributed by atoms with Crippen LogP contribution in [-0.4, -0.2) is 33.0 Å². The molecule has 1 saturated heterocycles. The average molecular weight is 434 g/mol. The molecule has 140 valence electrons. The number of halogens is 2. The molecule has 3 aromatic rings. The van der Waals surface area contributed by atoms with E-state index in [2.05, 4.69) is 36.1 Å². The number of hydrogen-bond acceptors (Lipinski definition) is 6. The zero-order valence-electron chi connectivity index (χ0n) is 14.6. The fraction of sp³-hybridized carbons (Fsp3) is 0.333. The van der Waals surface area contributed by atoms with Gasteiger partial charge in [0, 0.05) is 25.7 Å². The Morgan fingerprint density at radius 3 is 2.85 bits per heavy atom. The van der Waals surface area contributed by atoms with Crippen molar-refractivity contribution in [3.05, 3.63) is 57.0 Å². The molecule has 7 nitrogen and oxygen atoms in total. The predicted molar refractivity (Wildman–Crippen MR) is 101 cm³/mol. The van der Waals surface area contributed by atoms with E-state index in [-0.39, 0.29) is 17.3 Å². The highest BCUT2D eigenvalue weighted by Crippen LogP contribution is 2.32. The van der Waals surface area contributed by atoms with Crippen LogP contribution in [0.2, 0.25) is 0 Å². The minimum Gasteiger partial charge on any atom is -0.368 e. The third-order valence-electron chi connectivity index (χ3n) is 4.72. The van der Waals surface area contributed by atoms with Gasteiger partial charge in [-0.3, -0.25) is 4.79 Å². The Balaban J connectivity index is 1.56. The van der Waals surface area contributed by atoms with Crippen LogP contribution in [0.1, 0.15) is 24.7 Å². The van der Waals surface area contributed by atoms with Crippen molar-refractivity contribution in [3.8, 4) is 11.4 Å². The summed E-state index contributed by atoms with van der Waals surface area (Å²) in [7, 11) is 1.62. The van der Waals surface area contributed by atoms with Crippen LogP contribution in [0.3, 0.4) is 0 Å². The van der Waals surface area contributed by atoms with Gasteiger partial charge in [-0.15, -0.1) is 0 Å². The van der Waals surface area contributed by atoms with Crippen LogP contribution in [0.25, 0.3) is 11.4 Å². The Morgan fingerprint density at radius 1 is 1.30 bits per heavy atom. The zero-order chi connectivity index (χ0) is 19.0. The molecule has 0 radical (unpaired) electrons. The van der Waals surface area contributed by atoms with Crippen LogP contribution in [0, 0.1) is 5.82 Å². The molecule has 0 amide bonds. The van der Waals surface area contributed by atoms with Crippen LogP contribution in [0.4, 0.5) is 10.1 Å². The fourth-order valence-corrected chi connectivity index (χ4v) is 3.85. The summed E-state index contributed by atoms with van der Waals surface area (Å²) in [4.78, 5) is 18.7. The van der Waals surface area contributed by atoms with Gasteiger partial charge in [-0.2, -0.15) is 10.1 Å². The van der Waals surface area contributed by atoms with Gasteiger partial charge in [0.25, 0.3) is 5.56 Å². The van der Waals surface area contributed by atoms with Gasteiger partial charge in [-0.1, -0.05) is 5.16 Å². The molecule has 9 heteroatoms. The van der Waals surface area contributed by atoms with Gasteiger partial charge >= 0.3 is 0 Å². The Hall–Kier alpha value is -2.55. The SMILES string of the molecule is Cn1ncc(N2CCCC(c3nc(-c4ccc(F)cc4)no3)C2)c(Br)c1=O. The highest BCUT2D eigenvalue weighted by Gasteiger charge is 2.28. The molecule has 0 aliphatic carbocycles. The maximum atomic E-state index is 13.1. The molecule has 0 bridgehead atoms. The Labute approximate surface area is 162 Å². The van der Waals surface area contributed by atoms with E-state index in [1.54, 1.807) is 25.4 Å². The van der Waals surface area contributed by atoms with Crippen molar-refractivity contribution >= 4 is 21.6 Å². The molecule has 4 rings (SSSR count). The molecule has 0 N–H and O–H groups in total. The van der Waals surface area contributed by atoms with Crippen LogP contribution in [0.5, 0.6) is 0 Å². The molecule has 1 aliphatic heterocycles. The van der Waals surface area contributed by atoms with Gasteiger partial charge in [0.1, 0.15) is 10.3 Å². The summed E-state index contributed by atoms with van der Waals surface area (Å²) in [6.45, 7) is 1.47. The standard InChI is InChI=1S/C18H17BrFN5O2/c1-24-18(26)15(19)14(9-21-24)25-8-2-3-12(10-25)17-22-16(23-27-17)11-4-6-13(20)7-5-11/h4-7,9,12H,2-3,8,10H2,1H3. The molecule has 1 aromatic carbocycles. The number of piperidine rings is 1. The van der Waals surface area contributed by atoms with Crippen LogP contribution in [-0.2, 0) is 7.05 Å². The van der Waals surface area contributed by atoms with E-state index in [0.717, 1.165) is 25.1 Å². The number of rotatable bonds is 3. The summed E-state index contributed by atoms with van der Waals surface area (Å²) in [5, 5.41) is 8.14. The second-order valence-electron chi connectivity index (χ2n) is 6.52. The summed E-state index contributed by atoms with van der Waals surface area (Å²) in [5.41, 5.74) is 1.30. The lowest BCUT2D eigenvalue weighted by atomic mass is 9.97. The van der Waals surface area contributed by atoms with Gasteiger partial charge in [0.2, 0.25) is 11.7 Å². The predicted octanol–water partition coefficient (Wildman–Crippen LogP) is 3.12. The lowest BCUT2D eigenvalue weighted by Crippen LogP contribution is -2.36. The van der Waals surface area contributed by atoms with Crippen molar-refractivity contribution in [2.75, 3.05) is 18.0 Å². The number of aryl methyl sites for hydroxylation is 1. The number of aromatic nitrogens is 4. The van der Waals surface area contributed by atoms with E-state index in [1.807, 2.05) is 0 Å². The van der Waals surface area contributed by atoms with E-state index in [0.29, 0.717) is 28.3 Å². The second kappa shape index (κ2) is 7.22. The minimum absolute atomic E-state index is 0.0522. The quantitative estimate of drug-likeness (QED) is 0.631. The van der Waals surface area contributed by atoms with Crippen molar-refractivity contribution in [1.29, 1.82) is 0 Å². The van der Waals surface area contributed by atoms with Gasteiger partial charge in [-0.05, 0) is 53.0 Å². The Bertz CT molecular complexity index is 1020. The highest BCUT2D eigenvalue weighted by molar-refractivity contribution is 9.10. The van der Waals surface area contributed by atoms with Gasteiger partial charge in [0.05, 0.1) is 17.8 Å². The van der Waals surface area contributed by atoms with Crippen molar-refractivity contribution in [3.63, 3.8) is 0 Å². The number of hydrogen-bond donors (Lipinski definition) is 0. The molecule has 3 heterocycles. The molecule has 27 heavy (non-hydrogen) atoms. The average Bonchev–Trinajstić information content (AvgIpc) is 3.17. The highest BCUT2D eigenvalue weighted by atomic mass is 79.9. The lowest BCUT2D eigenvalue weighted by Gasteiger charge is -2.33. The van der Waals surface area contributed by atoms with Gasteiger partial charge < -0.3 is 9.42 Å². The maximum absolute atomic E-state index is 13.1. The molecular formula is C18H17BrFN5O2. The van der Waals surface area contributed by atoms with Crippen molar-refractivity contribution < 1.29 is 8.91 Å². The van der Waals surface area contributed by atoms with Crippen molar-refractivity contribution in [1.82, 2.24) is 19.9 Å². The van der Waals surface area contributed by atoms with Gasteiger partial charge in [0.15, 0.2) is 0 Å². The molecular weight excluding hydrogens is 417 g/mol. The maximum Gasteiger partial charge on any atom is 0.282 e. The smallest absolute Gasteiger partial charge is 0.282 e. The van der Waals surface area contributed by atoms with E-state index >= 15 is 0 Å². The number of anilines is 1. The van der Waals surface area contributed by atoms with E-state index in [1.165, 1.54) is 16.8 Å². The Morgan fingerprint density at radius 2 is 2.07 bits per heavy atom. The van der Waals surface area contributed by atoms with E-state index in [9.17, 15) is 9.18 Å². The molecule has 1 atom stereocenters. The first-order chi connectivity index (χ1) is 13.0.